The van der Waals surface area contributed by atoms with Crippen molar-refractivity contribution in [2.45, 2.75) is 6.10 Å². The van der Waals surface area contributed by atoms with Gasteiger partial charge in [0.05, 0.1) is 20.4 Å². The molecule has 6 heteroatoms. The summed E-state index contributed by atoms with van der Waals surface area (Å²) in [6, 6.07) is 3.56. The van der Waals surface area contributed by atoms with Crippen molar-refractivity contribution >= 4 is 15.9 Å². The van der Waals surface area contributed by atoms with E-state index in [1.807, 2.05) is 0 Å². The van der Waals surface area contributed by atoms with Gasteiger partial charge in [-0.25, -0.2) is 0 Å². The van der Waals surface area contributed by atoms with Crippen LogP contribution in [0.15, 0.2) is 29.0 Å². The zero-order chi connectivity index (χ0) is 14.0. The quantitative estimate of drug-likeness (QED) is 0.936. The monoisotopic (exact) mass is 326 g/mol. The molecule has 1 N–H and O–H groups in total. The Kier molecular flexibility index (Phi) is 4.11. The van der Waals surface area contributed by atoms with Crippen molar-refractivity contribution in [2.24, 2.45) is 7.05 Å². The molecule has 102 valence electrons. The first-order valence-corrected chi connectivity index (χ1v) is 6.44. The van der Waals surface area contributed by atoms with Crippen LogP contribution in [0, 0.1) is 0 Å². The van der Waals surface area contributed by atoms with Crippen molar-refractivity contribution in [3.63, 3.8) is 0 Å². The first-order chi connectivity index (χ1) is 9.08. The molecule has 1 heterocycles. The minimum Gasteiger partial charge on any atom is -0.495 e. The fourth-order valence-electron chi connectivity index (χ4n) is 1.89. The van der Waals surface area contributed by atoms with Crippen molar-refractivity contribution < 1.29 is 14.6 Å². The number of hydrogen-bond acceptors (Lipinski definition) is 4. The topological polar surface area (TPSA) is 56.5 Å². The highest BCUT2D eigenvalue weighted by Crippen LogP contribution is 2.41. The maximum atomic E-state index is 10.4. The van der Waals surface area contributed by atoms with Crippen LogP contribution in [-0.2, 0) is 7.05 Å². The lowest BCUT2D eigenvalue weighted by atomic mass is 10.0. The Morgan fingerprint density at radius 1 is 1.32 bits per heavy atom. The van der Waals surface area contributed by atoms with Crippen LogP contribution in [0.2, 0.25) is 0 Å². The van der Waals surface area contributed by atoms with E-state index in [1.165, 1.54) is 0 Å². The first-order valence-electron chi connectivity index (χ1n) is 5.65. The molecule has 0 aliphatic rings. The Labute approximate surface area is 119 Å². The number of aliphatic hydroxyl groups excluding tert-OH is 1. The van der Waals surface area contributed by atoms with Crippen molar-refractivity contribution in [3.8, 4) is 11.5 Å². The summed E-state index contributed by atoms with van der Waals surface area (Å²) in [5, 5.41) is 14.5. The molecular weight excluding hydrogens is 312 g/mol. The average molecular weight is 327 g/mol. The average Bonchev–Trinajstić information content (AvgIpc) is 2.84. The molecule has 2 rings (SSSR count). The Bertz CT molecular complexity index is 583. The summed E-state index contributed by atoms with van der Waals surface area (Å²) >= 11 is 3.42. The molecule has 0 aliphatic heterocycles. The summed E-state index contributed by atoms with van der Waals surface area (Å²) in [5.41, 5.74) is 1.36. The van der Waals surface area contributed by atoms with Crippen LogP contribution < -0.4 is 9.47 Å². The smallest absolute Gasteiger partial charge is 0.142 e. The minimum absolute atomic E-state index is 0.552. The van der Waals surface area contributed by atoms with Gasteiger partial charge in [-0.15, -0.1) is 0 Å². The third kappa shape index (κ3) is 2.59. The Morgan fingerprint density at radius 3 is 2.58 bits per heavy atom. The van der Waals surface area contributed by atoms with E-state index in [2.05, 4.69) is 21.0 Å². The number of halogens is 1. The van der Waals surface area contributed by atoms with Crippen molar-refractivity contribution in [1.29, 1.82) is 0 Å². The lowest BCUT2D eigenvalue weighted by molar-refractivity contribution is 0.214. The van der Waals surface area contributed by atoms with E-state index in [-0.39, 0.29) is 0 Å². The highest BCUT2D eigenvalue weighted by molar-refractivity contribution is 9.10. The SMILES string of the molecule is COc1ccc(C(O)c2cnn(C)c2)c(OC)c1Br. The number of methoxy groups -OCH3 is 2. The van der Waals surface area contributed by atoms with Gasteiger partial charge in [0.2, 0.25) is 0 Å². The number of aryl methyl sites for hydroxylation is 1. The Morgan fingerprint density at radius 2 is 2.05 bits per heavy atom. The number of nitrogens with zero attached hydrogens (tertiary/aromatic N) is 2. The van der Waals surface area contributed by atoms with Crippen LogP contribution in [0.3, 0.4) is 0 Å². The zero-order valence-electron chi connectivity index (χ0n) is 10.9. The van der Waals surface area contributed by atoms with Gasteiger partial charge in [0.15, 0.2) is 0 Å². The maximum Gasteiger partial charge on any atom is 0.142 e. The van der Waals surface area contributed by atoms with E-state index in [0.717, 1.165) is 0 Å². The zero-order valence-corrected chi connectivity index (χ0v) is 12.5. The van der Waals surface area contributed by atoms with Gasteiger partial charge in [-0.1, -0.05) is 0 Å². The van der Waals surface area contributed by atoms with Gasteiger partial charge in [0.25, 0.3) is 0 Å². The molecule has 0 saturated heterocycles. The van der Waals surface area contributed by atoms with Crippen molar-refractivity contribution in [1.82, 2.24) is 9.78 Å². The van der Waals surface area contributed by atoms with Crippen LogP contribution in [-0.4, -0.2) is 29.1 Å². The van der Waals surface area contributed by atoms with E-state index < -0.39 is 6.10 Å². The largest absolute Gasteiger partial charge is 0.495 e. The minimum atomic E-state index is -0.800. The molecular formula is C13H15BrN2O3. The number of rotatable bonds is 4. The van der Waals surface area contributed by atoms with E-state index in [4.69, 9.17) is 9.47 Å². The molecule has 0 spiro atoms. The van der Waals surface area contributed by atoms with Gasteiger partial charge in [-0.05, 0) is 28.1 Å². The molecule has 0 fully saturated rings. The second-order valence-corrected chi connectivity index (χ2v) is 4.85. The molecule has 19 heavy (non-hydrogen) atoms. The lowest BCUT2D eigenvalue weighted by Gasteiger charge is -2.16. The van der Waals surface area contributed by atoms with Crippen molar-refractivity contribution in [3.05, 3.63) is 40.1 Å². The number of hydrogen-bond donors (Lipinski definition) is 1. The number of aromatic nitrogens is 2. The van der Waals surface area contributed by atoms with Crippen molar-refractivity contribution in [2.75, 3.05) is 14.2 Å². The molecule has 0 saturated carbocycles. The summed E-state index contributed by atoms with van der Waals surface area (Å²) in [6.07, 6.45) is 2.59. The van der Waals surface area contributed by atoms with E-state index in [0.29, 0.717) is 27.1 Å². The fraction of sp³-hybridized carbons (Fsp3) is 0.308. The van der Waals surface area contributed by atoms with E-state index >= 15 is 0 Å². The summed E-state index contributed by atoms with van der Waals surface area (Å²) in [7, 11) is 4.94. The summed E-state index contributed by atoms with van der Waals surface area (Å²) < 4.78 is 12.9. The second kappa shape index (κ2) is 5.63. The normalized spacial score (nSPS) is 12.3. The van der Waals surface area contributed by atoms with Crippen LogP contribution in [0.4, 0.5) is 0 Å². The Hall–Kier alpha value is -1.53. The molecule has 0 amide bonds. The highest BCUT2D eigenvalue weighted by Gasteiger charge is 2.20. The predicted octanol–water partition coefficient (Wildman–Crippen LogP) is 2.28. The summed E-state index contributed by atoms with van der Waals surface area (Å²) in [6.45, 7) is 0. The molecule has 1 aromatic heterocycles. The van der Waals surface area contributed by atoms with Crippen LogP contribution in [0.1, 0.15) is 17.2 Å². The van der Waals surface area contributed by atoms with Crippen LogP contribution in [0.25, 0.3) is 0 Å². The van der Waals surface area contributed by atoms with Gasteiger partial charge in [-0.3, -0.25) is 4.68 Å². The molecule has 5 nitrogen and oxygen atoms in total. The van der Waals surface area contributed by atoms with Gasteiger partial charge >= 0.3 is 0 Å². The second-order valence-electron chi connectivity index (χ2n) is 4.05. The molecule has 0 radical (unpaired) electrons. The molecule has 0 aliphatic carbocycles. The lowest BCUT2D eigenvalue weighted by Crippen LogP contribution is -2.03. The van der Waals surface area contributed by atoms with E-state index in [9.17, 15) is 5.11 Å². The highest BCUT2D eigenvalue weighted by atomic mass is 79.9. The van der Waals surface area contributed by atoms with Gasteiger partial charge in [0.1, 0.15) is 22.1 Å². The Balaban J connectivity index is 2.47. The predicted molar refractivity (Wildman–Crippen MR) is 74.5 cm³/mol. The third-order valence-electron chi connectivity index (χ3n) is 2.85. The first kappa shape index (κ1) is 13.9. The molecule has 1 atom stereocenters. The molecule has 1 aromatic carbocycles. The van der Waals surface area contributed by atoms with E-state index in [1.54, 1.807) is 50.5 Å². The van der Waals surface area contributed by atoms with Gasteiger partial charge in [0, 0.05) is 24.4 Å². The number of aliphatic hydroxyl groups is 1. The fourth-order valence-corrected chi connectivity index (χ4v) is 2.58. The molecule has 0 bridgehead atoms. The van der Waals surface area contributed by atoms with Gasteiger partial charge < -0.3 is 14.6 Å². The maximum absolute atomic E-state index is 10.4. The van der Waals surface area contributed by atoms with Crippen LogP contribution >= 0.6 is 15.9 Å². The molecule has 2 aromatic rings. The summed E-state index contributed by atoms with van der Waals surface area (Å²) in [5.74, 6) is 1.20. The number of benzene rings is 1. The molecule has 1 unspecified atom stereocenters. The van der Waals surface area contributed by atoms with Crippen LogP contribution in [0.5, 0.6) is 11.5 Å². The third-order valence-corrected chi connectivity index (χ3v) is 3.60. The standard InChI is InChI=1S/C13H15BrN2O3/c1-16-7-8(6-15-16)12(17)9-4-5-10(18-2)11(14)13(9)19-3/h4-7,12,17H,1-3H3. The van der Waals surface area contributed by atoms with Gasteiger partial charge in [-0.2, -0.15) is 5.10 Å². The summed E-state index contributed by atoms with van der Waals surface area (Å²) in [4.78, 5) is 0. The number of ether oxygens (including phenoxy) is 2.